The third-order valence-electron chi connectivity index (χ3n) is 5.24. The molecule has 1 atom stereocenters. The quantitative estimate of drug-likeness (QED) is 0.393. The minimum atomic E-state index is -0.986. The van der Waals surface area contributed by atoms with Gasteiger partial charge in [0.1, 0.15) is 11.6 Å². The summed E-state index contributed by atoms with van der Waals surface area (Å²) in [5, 5.41) is 17.4. The van der Waals surface area contributed by atoms with E-state index in [2.05, 4.69) is 15.4 Å². The normalized spacial score (nSPS) is 12.2. The van der Waals surface area contributed by atoms with Gasteiger partial charge in [-0.15, -0.1) is 5.10 Å². The molecule has 0 aliphatic carbocycles. The van der Waals surface area contributed by atoms with Gasteiger partial charge in [-0.1, -0.05) is 23.7 Å². The van der Waals surface area contributed by atoms with Crippen LogP contribution in [0.3, 0.4) is 0 Å². The molecule has 0 aliphatic heterocycles. The Balaban J connectivity index is 1.55. The van der Waals surface area contributed by atoms with E-state index in [4.69, 9.17) is 17.3 Å². The van der Waals surface area contributed by atoms with Gasteiger partial charge >= 0.3 is 0 Å². The van der Waals surface area contributed by atoms with E-state index in [1.807, 2.05) is 0 Å². The Bertz CT molecular complexity index is 1340. The summed E-state index contributed by atoms with van der Waals surface area (Å²) in [5.41, 5.74) is 6.24. The summed E-state index contributed by atoms with van der Waals surface area (Å²) in [6.07, 6.45) is 0.845. The molecule has 1 amide bonds. The Kier molecular flexibility index (Phi) is 6.26. The number of nitrogen functional groups attached to an aromatic ring is 1. The lowest BCUT2D eigenvalue weighted by molar-refractivity contribution is 0.0938. The van der Waals surface area contributed by atoms with Gasteiger partial charge in [0, 0.05) is 17.8 Å². The zero-order valence-corrected chi connectivity index (χ0v) is 18.3. The number of anilines is 1. The maximum Gasteiger partial charge on any atom is 0.254 e. The van der Waals surface area contributed by atoms with E-state index in [1.165, 1.54) is 29.8 Å². The molecule has 2 aromatic carbocycles. The van der Waals surface area contributed by atoms with Gasteiger partial charge in [-0.2, -0.15) is 4.98 Å². The minimum absolute atomic E-state index is 0.0258. The first-order valence-electron chi connectivity index (χ1n) is 10.1. The Morgan fingerprint density at radius 2 is 1.97 bits per heavy atom. The third-order valence-corrected chi connectivity index (χ3v) is 5.50. The van der Waals surface area contributed by atoms with E-state index >= 15 is 4.39 Å². The zero-order chi connectivity index (χ0) is 23.7. The molecule has 4 N–H and O–H groups in total. The Hall–Kier alpha value is -3.56. The number of pyridine rings is 1. The maximum atomic E-state index is 15.4. The number of aryl methyl sites for hydroxylation is 1. The Labute approximate surface area is 192 Å². The lowest BCUT2D eigenvalue weighted by atomic mass is 9.97. The number of nitrogens with one attached hydrogen (secondary N) is 1. The molecule has 10 heteroatoms. The van der Waals surface area contributed by atoms with Crippen LogP contribution in [0, 0.1) is 18.6 Å². The topological polar surface area (TPSA) is 106 Å². The van der Waals surface area contributed by atoms with E-state index in [9.17, 15) is 14.3 Å². The first kappa shape index (κ1) is 22.6. The van der Waals surface area contributed by atoms with E-state index in [-0.39, 0.29) is 41.2 Å². The minimum Gasteiger partial charge on any atom is -0.388 e. The number of rotatable bonds is 6. The summed E-state index contributed by atoms with van der Waals surface area (Å²) in [6.45, 7) is 1.54. The number of carbonyl (C=O) groups excluding carboxylic acids is 1. The van der Waals surface area contributed by atoms with Crippen molar-refractivity contribution in [3.63, 3.8) is 0 Å². The SMILES string of the molecule is Cc1cc(F)c(-c2ccn3nc(N)nc3c2)c(F)c1C(=O)NCCC(O)c1ccc(Cl)cc1. The van der Waals surface area contributed by atoms with Gasteiger partial charge in [-0.3, -0.25) is 4.79 Å². The van der Waals surface area contributed by atoms with E-state index in [0.29, 0.717) is 16.2 Å². The Morgan fingerprint density at radius 3 is 2.70 bits per heavy atom. The van der Waals surface area contributed by atoms with Crippen molar-refractivity contribution in [1.29, 1.82) is 0 Å². The van der Waals surface area contributed by atoms with Crippen LogP contribution >= 0.6 is 11.6 Å². The van der Waals surface area contributed by atoms with Crippen molar-refractivity contribution < 1.29 is 18.7 Å². The van der Waals surface area contributed by atoms with Crippen molar-refractivity contribution in [1.82, 2.24) is 19.9 Å². The lowest BCUT2D eigenvalue weighted by Gasteiger charge is -2.15. The van der Waals surface area contributed by atoms with Gasteiger partial charge in [0.15, 0.2) is 5.65 Å². The molecular formula is C23H20ClF2N5O2. The molecule has 170 valence electrons. The van der Waals surface area contributed by atoms with Crippen LogP contribution in [0.5, 0.6) is 0 Å². The fraction of sp³-hybridized carbons (Fsp3) is 0.174. The van der Waals surface area contributed by atoms with Crippen LogP contribution in [0.4, 0.5) is 14.7 Å². The zero-order valence-electron chi connectivity index (χ0n) is 17.5. The second-order valence-electron chi connectivity index (χ2n) is 7.54. The van der Waals surface area contributed by atoms with E-state index in [1.54, 1.807) is 24.3 Å². The number of hydrogen-bond donors (Lipinski definition) is 3. The van der Waals surface area contributed by atoms with Crippen LogP contribution in [0.1, 0.15) is 34.0 Å². The molecule has 33 heavy (non-hydrogen) atoms. The van der Waals surface area contributed by atoms with Crippen molar-refractivity contribution in [3.8, 4) is 11.1 Å². The van der Waals surface area contributed by atoms with Crippen LogP contribution in [0.2, 0.25) is 5.02 Å². The molecule has 2 aromatic heterocycles. The van der Waals surface area contributed by atoms with Crippen LogP contribution in [-0.4, -0.2) is 32.2 Å². The summed E-state index contributed by atoms with van der Waals surface area (Å²) in [7, 11) is 0. The second kappa shape index (κ2) is 9.13. The molecule has 1 unspecified atom stereocenters. The molecule has 0 radical (unpaired) electrons. The monoisotopic (exact) mass is 471 g/mol. The first-order valence-corrected chi connectivity index (χ1v) is 10.4. The molecule has 2 heterocycles. The fourth-order valence-corrected chi connectivity index (χ4v) is 3.72. The van der Waals surface area contributed by atoms with Crippen LogP contribution in [-0.2, 0) is 0 Å². The highest BCUT2D eigenvalue weighted by Gasteiger charge is 2.23. The average Bonchev–Trinajstić information content (AvgIpc) is 3.13. The van der Waals surface area contributed by atoms with Crippen molar-refractivity contribution in [2.45, 2.75) is 19.4 Å². The molecule has 0 bridgehead atoms. The van der Waals surface area contributed by atoms with E-state index in [0.717, 1.165) is 6.07 Å². The highest BCUT2D eigenvalue weighted by Crippen LogP contribution is 2.31. The molecule has 0 fully saturated rings. The summed E-state index contributed by atoms with van der Waals surface area (Å²) < 4.78 is 31.5. The number of amides is 1. The lowest BCUT2D eigenvalue weighted by Crippen LogP contribution is -2.27. The van der Waals surface area contributed by atoms with Crippen LogP contribution in [0.25, 0.3) is 16.8 Å². The predicted octanol–water partition coefficient (Wildman–Crippen LogP) is 4.07. The number of aliphatic hydroxyl groups excluding tert-OH is 1. The summed E-state index contributed by atoms with van der Waals surface area (Å²) in [5.74, 6) is -2.48. The number of aliphatic hydroxyl groups is 1. The molecule has 4 aromatic rings. The predicted molar refractivity (Wildman–Crippen MR) is 121 cm³/mol. The average molecular weight is 472 g/mol. The van der Waals surface area contributed by atoms with Gasteiger partial charge in [-0.25, -0.2) is 13.3 Å². The van der Waals surface area contributed by atoms with Crippen molar-refractivity contribution >= 4 is 29.1 Å². The number of nitrogens with two attached hydrogens (primary N) is 1. The number of fused-ring (bicyclic) bond motifs is 1. The second-order valence-corrected chi connectivity index (χ2v) is 7.98. The molecule has 0 saturated carbocycles. The summed E-state index contributed by atoms with van der Waals surface area (Å²) in [6, 6.07) is 10.7. The smallest absolute Gasteiger partial charge is 0.254 e. The van der Waals surface area contributed by atoms with Gasteiger partial charge in [0.2, 0.25) is 5.95 Å². The van der Waals surface area contributed by atoms with Crippen LogP contribution < -0.4 is 11.1 Å². The van der Waals surface area contributed by atoms with Crippen molar-refractivity contribution in [3.05, 3.63) is 82.0 Å². The van der Waals surface area contributed by atoms with Crippen molar-refractivity contribution in [2.24, 2.45) is 0 Å². The number of aromatic nitrogens is 3. The van der Waals surface area contributed by atoms with Crippen LogP contribution in [0.15, 0.2) is 48.7 Å². The van der Waals surface area contributed by atoms with Gasteiger partial charge in [-0.05, 0) is 60.4 Å². The van der Waals surface area contributed by atoms with Gasteiger partial charge < -0.3 is 16.2 Å². The highest BCUT2D eigenvalue weighted by molar-refractivity contribution is 6.30. The highest BCUT2D eigenvalue weighted by atomic mass is 35.5. The molecule has 4 rings (SSSR count). The summed E-state index contributed by atoms with van der Waals surface area (Å²) in [4.78, 5) is 16.7. The van der Waals surface area contributed by atoms with E-state index < -0.39 is 23.6 Å². The van der Waals surface area contributed by atoms with Crippen molar-refractivity contribution in [2.75, 3.05) is 12.3 Å². The standard InChI is InChI=1S/C23H20ClF2N5O2/c1-12-10-16(25)20(14-7-9-31-18(11-14)29-23(27)30-31)21(26)19(12)22(33)28-8-6-17(32)13-2-4-15(24)5-3-13/h2-5,7,9-11,17,32H,6,8H2,1H3,(H2,27,30)(H,28,33). The Morgan fingerprint density at radius 1 is 1.24 bits per heavy atom. The van der Waals surface area contributed by atoms with Gasteiger partial charge in [0.05, 0.1) is 17.2 Å². The molecule has 0 spiro atoms. The van der Waals surface area contributed by atoms with Gasteiger partial charge in [0.25, 0.3) is 5.91 Å². The third kappa shape index (κ3) is 4.64. The molecule has 0 saturated heterocycles. The molecule has 0 aliphatic rings. The number of benzene rings is 2. The summed E-state index contributed by atoms with van der Waals surface area (Å²) >= 11 is 5.84. The first-order chi connectivity index (χ1) is 15.7. The number of hydrogen-bond acceptors (Lipinski definition) is 5. The maximum absolute atomic E-state index is 15.4. The fourth-order valence-electron chi connectivity index (χ4n) is 3.60. The molecular weight excluding hydrogens is 452 g/mol. The molecule has 7 nitrogen and oxygen atoms in total. The number of halogens is 3. The number of nitrogens with zero attached hydrogens (tertiary/aromatic N) is 3. The number of carbonyl (C=O) groups is 1. The largest absolute Gasteiger partial charge is 0.388 e.